The van der Waals surface area contributed by atoms with Crippen molar-refractivity contribution in [1.82, 2.24) is 9.62 Å². The highest BCUT2D eigenvalue weighted by Crippen LogP contribution is 2.41. The lowest BCUT2D eigenvalue weighted by Crippen LogP contribution is -2.40. The number of rotatable bonds is 6. The van der Waals surface area contributed by atoms with Crippen LogP contribution in [0.1, 0.15) is 40.4 Å². The van der Waals surface area contributed by atoms with Gasteiger partial charge in [-0.1, -0.05) is 41.4 Å². The topological polar surface area (TPSA) is 75.7 Å². The number of sulfonamides is 1. The van der Waals surface area contributed by atoms with Gasteiger partial charge < -0.3 is 10.1 Å². The van der Waals surface area contributed by atoms with Gasteiger partial charge in [-0.3, -0.25) is 4.79 Å². The van der Waals surface area contributed by atoms with Crippen LogP contribution in [-0.2, 0) is 14.8 Å². The number of aryl methyl sites for hydroxylation is 1. The van der Waals surface area contributed by atoms with Crippen molar-refractivity contribution in [2.24, 2.45) is 5.92 Å². The van der Waals surface area contributed by atoms with Crippen molar-refractivity contribution in [1.29, 1.82) is 0 Å². The number of carbonyl (C=O) groups excluding carboxylic acids is 1. The number of amides is 1. The second-order valence-electron chi connectivity index (χ2n) is 7.86. The first kappa shape index (κ1) is 21.3. The number of hydrogen-bond donors (Lipinski definition) is 1. The number of carbonyl (C=O) groups is 1. The van der Waals surface area contributed by atoms with Crippen molar-refractivity contribution in [3.05, 3.63) is 64.2 Å². The maximum atomic E-state index is 13.0. The summed E-state index contributed by atoms with van der Waals surface area (Å²) in [6.45, 7) is 3.25. The van der Waals surface area contributed by atoms with E-state index in [0.29, 0.717) is 19.1 Å². The Kier molecular flexibility index (Phi) is 6.16. The number of ether oxygens (including phenoxy) is 1. The molecule has 2 aliphatic rings. The minimum atomic E-state index is -3.80. The van der Waals surface area contributed by atoms with E-state index in [0.717, 1.165) is 24.0 Å². The van der Waals surface area contributed by atoms with E-state index in [9.17, 15) is 13.2 Å². The minimum absolute atomic E-state index is 0.0444. The summed E-state index contributed by atoms with van der Waals surface area (Å²) < 4.78 is 32.6. The summed E-state index contributed by atoms with van der Waals surface area (Å²) in [6.07, 6.45) is 2.13. The number of benzene rings is 2. The van der Waals surface area contributed by atoms with Gasteiger partial charge in [0, 0.05) is 18.7 Å². The lowest BCUT2D eigenvalue weighted by molar-refractivity contribution is 0.0730. The number of nitrogens with one attached hydrogen (secondary N) is 1. The molecule has 1 aliphatic carbocycles. The molecular formula is C22H25ClN2O4S. The molecule has 1 amide bonds. The van der Waals surface area contributed by atoms with Crippen LogP contribution in [0.15, 0.2) is 47.4 Å². The number of morpholine rings is 1. The predicted octanol–water partition coefficient (Wildman–Crippen LogP) is 3.55. The summed E-state index contributed by atoms with van der Waals surface area (Å²) in [5.74, 6) is 0.100. The standard InChI is InChI=1S/C22H25ClN2O4S/c1-15-2-4-16(5-3-15)21(17-6-7-17)24-22(26)18-8-9-19(23)20(14-18)30(27,28)25-10-12-29-13-11-25/h2-5,8-9,14,17,21H,6-7,10-13H2,1H3,(H,24,26). The Labute approximate surface area is 182 Å². The molecule has 8 heteroatoms. The van der Waals surface area contributed by atoms with Crippen LogP contribution in [-0.4, -0.2) is 44.9 Å². The van der Waals surface area contributed by atoms with Crippen LogP contribution < -0.4 is 5.32 Å². The molecule has 0 radical (unpaired) electrons. The van der Waals surface area contributed by atoms with Gasteiger partial charge in [-0.25, -0.2) is 8.42 Å². The van der Waals surface area contributed by atoms with E-state index >= 15 is 0 Å². The Balaban J connectivity index is 1.58. The molecule has 30 heavy (non-hydrogen) atoms. The van der Waals surface area contributed by atoms with Crippen molar-refractivity contribution in [2.75, 3.05) is 26.3 Å². The van der Waals surface area contributed by atoms with E-state index in [1.165, 1.54) is 16.4 Å². The molecule has 0 aromatic heterocycles. The molecule has 1 saturated heterocycles. The Hall–Kier alpha value is -1.93. The maximum absolute atomic E-state index is 13.0. The third kappa shape index (κ3) is 4.54. The van der Waals surface area contributed by atoms with Gasteiger partial charge in [0.05, 0.1) is 24.3 Å². The third-order valence-corrected chi connectivity index (χ3v) is 7.98. The summed E-state index contributed by atoms with van der Waals surface area (Å²) in [6, 6.07) is 12.5. The number of halogens is 1. The summed E-state index contributed by atoms with van der Waals surface area (Å²) in [5, 5.41) is 3.20. The van der Waals surface area contributed by atoms with Crippen molar-refractivity contribution in [3.8, 4) is 0 Å². The van der Waals surface area contributed by atoms with Crippen molar-refractivity contribution < 1.29 is 17.9 Å². The largest absolute Gasteiger partial charge is 0.379 e. The van der Waals surface area contributed by atoms with Crippen LogP contribution in [0.4, 0.5) is 0 Å². The van der Waals surface area contributed by atoms with Crippen molar-refractivity contribution in [2.45, 2.75) is 30.7 Å². The molecule has 2 aromatic rings. The Morgan fingerprint density at radius 1 is 1.13 bits per heavy atom. The highest BCUT2D eigenvalue weighted by Gasteiger charge is 2.34. The van der Waals surface area contributed by atoms with Crippen LogP contribution in [0.3, 0.4) is 0 Å². The molecule has 1 unspecified atom stereocenters. The summed E-state index contributed by atoms with van der Waals surface area (Å²) >= 11 is 6.21. The van der Waals surface area contributed by atoms with E-state index in [1.54, 1.807) is 6.07 Å². The predicted molar refractivity (Wildman–Crippen MR) is 115 cm³/mol. The van der Waals surface area contributed by atoms with Gasteiger partial charge >= 0.3 is 0 Å². The lowest BCUT2D eigenvalue weighted by atomic mass is 10.0. The van der Waals surface area contributed by atoms with Gasteiger partial charge in [0.25, 0.3) is 5.91 Å². The lowest BCUT2D eigenvalue weighted by Gasteiger charge is -2.26. The molecule has 1 aliphatic heterocycles. The SMILES string of the molecule is Cc1ccc(C(NC(=O)c2ccc(Cl)c(S(=O)(=O)N3CCOCC3)c2)C2CC2)cc1. The highest BCUT2D eigenvalue weighted by atomic mass is 35.5. The first-order chi connectivity index (χ1) is 14.4. The second kappa shape index (κ2) is 8.67. The molecule has 160 valence electrons. The van der Waals surface area contributed by atoms with Crippen LogP contribution in [0, 0.1) is 12.8 Å². The normalized spacial score (nSPS) is 18.7. The zero-order valence-electron chi connectivity index (χ0n) is 16.8. The molecule has 1 saturated carbocycles. The summed E-state index contributed by atoms with van der Waals surface area (Å²) in [5.41, 5.74) is 2.51. The van der Waals surface area contributed by atoms with Crippen LogP contribution in [0.25, 0.3) is 0 Å². The Morgan fingerprint density at radius 2 is 1.80 bits per heavy atom. The number of nitrogens with zero attached hydrogens (tertiary/aromatic N) is 1. The zero-order valence-corrected chi connectivity index (χ0v) is 18.4. The summed E-state index contributed by atoms with van der Waals surface area (Å²) in [7, 11) is -3.80. The fourth-order valence-electron chi connectivity index (χ4n) is 3.67. The minimum Gasteiger partial charge on any atom is -0.379 e. The molecule has 6 nitrogen and oxygen atoms in total. The van der Waals surface area contributed by atoms with Crippen LogP contribution in [0.2, 0.25) is 5.02 Å². The average Bonchev–Trinajstić information content (AvgIpc) is 3.58. The maximum Gasteiger partial charge on any atom is 0.251 e. The molecule has 2 fully saturated rings. The fourth-order valence-corrected chi connectivity index (χ4v) is 5.58. The van der Waals surface area contributed by atoms with Gasteiger partial charge in [-0.2, -0.15) is 4.31 Å². The molecule has 2 aromatic carbocycles. The average molecular weight is 449 g/mol. The third-order valence-electron chi connectivity index (χ3n) is 5.60. The van der Waals surface area contributed by atoms with Crippen molar-refractivity contribution in [3.63, 3.8) is 0 Å². The second-order valence-corrected chi connectivity index (χ2v) is 10.2. The highest BCUT2D eigenvalue weighted by molar-refractivity contribution is 7.89. The van der Waals surface area contributed by atoms with Gasteiger partial charge in [0.15, 0.2) is 0 Å². The number of hydrogen-bond acceptors (Lipinski definition) is 4. The van der Waals surface area contributed by atoms with Gasteiger partial charge in [0.2, 0.25) is 10.0 Å². The molecule has 1 N–H and O–H groups in total. The quantitative estimate of drug-likeness (QED) is 0.733. The molecular weight excluding hydrogens is 424 g/mol. The van der Waals surface area contributed by atoms with Crippen LogP contribution >= 0.6 is 11.6 Å². The summed E-state index contributed by atoms with van der Waals surface area (Å²) in [4.78, 5) is 13.0. The smallest absolute Gasteiger partial charge is 0.251 e. The first-order valence-electron chi connectivity index (χ1n) is 10.1. The van der Waals surface area contributed by atoms with E-state index < -0.39 is 10.0 Å². The van der Waals surface area contributed by atoms with E-state index in [2.05, 4.69) is 5.32 Å². The van der Waals surface area contributed by atoms with Gasteiger partial charge in [-0.05, 0) is 49.4 Å². The Bertz CT molecular complexity index is 1030. The molecule has 0 spiro atoms. The van der Waals surface area contributed by atoms with E-state index in [1.807, 2.05) is 31.2 Å². The van der Waals surface area contributed by atoms with Gasteiger partial charge in [0.1, 0.15) is 4.90 Å². The zero-order chi connectivity index (χ0) is 21.3. The molecule has 4 rings (SSSR count). The molecule has 1 atom stereocenters. The van der Waals surface area contributed by atoms with E-state index in [-0.39, 0.29) is 40.5 Å². The monoisotopic (exact) mass is 448 g/mol. The Morgan fingerprint density at radius 3 is 2.43 bits per heavy atom. The van der Waals surface area contributed by atoms with Crippen molar-refractivity contribution >= 4 is 27.5 Å². The first-order valence-corrected chi connectivity index (χ1v) is 11.9. The fraction of sp³-hybridized carbons (Fsp3) is 0.409. The van der Waals surface area contributed by atoms with Gasteiger partial charge in [-0.15, -0.1) is 0 Å². The molecule has 0 bridgehead atoms. The molecule has 1 heterocycles. The van der Waals surface area contributed by atoms with E-state index in [4.69, 9.17) is 16.3 Å². The van der Waals surface area contributed by atoms with Crippen LogP contribution in [0.5, 0.6) is 0 Å².